The first-order valence-electron chi connectivity index (χ1n) is 9.94. The van der Waals surface area contributed by atoms with Crippen LogP contribution in [0.15, 0.2) is 22.8 Å². The number of carbonyl (C=O) groups is 3. The summed E-state index contributed by atoms with van der Waals surface area (Å²) in [4.78, 5) is 38.8. The Labute approximate surface area is 164 Å². The van der Waals surface area contributed by atoms with Crippen LogP contribution in [0.4, 0.5) is 0 Å². The van der Waals surface area contributed by atoms with Crippen molar-refractivity contribution in [2.24, 2.45) is 0 Å². The first-order chi connectivity index (χ1) is 13.6. The molecule has 0 aromatic carbocycles. The van der Waals surface area contributed by atoms with E-state index in [4.69, 9.17) is 9.15 Å². The molecule has 0 saturated carbocycles. The van der Waals surface area contributed by atoms with Crippen molar-refractivity contribution < 1.29 is 28.4 Å². The number of carbonyl (C=O) groups excluding carboxylic acids is 3. The van der Waals surface area contributed by atoms with E-state index < -0.39 is 11.8 Å². The van der Waals surface area contributed by atoms with Gasteiger partial charge >= 0.3 is 11.8 Å². The SMILES string of the molecule is O=C(NCCCN1CCCC1=O)C(=O)NC[C@H](c1ccco1)[NH+]1CCOCC1. The summed E-state index contributed by atoms with van der Waals surface area (Å²) in [5, 5.41) is 5.34. The number of hydrogen-bond acceptors (Lipinski definition) is 5. The Morgan fingerprint density at radius 1 is 1.21 bits per heavy atom. The molecular weight excluding hydrogens is 364 g/mol. The largest absolute Gasteiger partial charge is 0.463 e. The number of furan rings is 1. The number of quaternary nitrogens is 1. The molecule has 1 aromatic rings. The number of likely N-dealkylation sites (tertiary alicyclic amines) is 1. The molecule has 0 spiro atoms. The minimum absolute atomic E-state index is 0.0585. The highest BCUT2D eigenvalue weighted by Crippen LogP contribution is 2.10. The standard InChI is InChI=1S/C19H28N4O5/c24-17-5-1-7-23(17)8-3-6-20-18(25)19(26)21-14-15(16-4-2-11-28-16)22-9-12-27-13-10-22/h2,4,11,15H,1,3,5-10,12-14H2,(H,20,25)(H,21,26)/p+1/t15-/m1/s1. The number of nitrogens with zero attached hydrogens (tertiary/aromatic N) is 1. The fourth-order valence-corrected chi connectivity index (χ4v) is 3.69. The second-order valence-electron chi connectivity index (χ2n) is 7.14. The summed E-state index contributed by atoms with van der Waals surface area (Å²) >= 11 is 0. The fourth-order valence-electron chi connectivity index (χ4n) is 3.69. The van der Waals surface area contributed by atoms with E-state index in [0.717, 1.165) is 31.8 Å². The van der Waals surface area contributed by atoms with E-state index in [2.05, 4.69) is 10.6 Å². The maximum atomic E-state index is 12.2. The number of nitrogens with one attached hydrogen (secondary N) is 3. The fraction of sp³-hybridized carbons (Fsp3) is 0.632. The van der Waals surface area contributed by atoms with Crippen LogP contribution in [-0.4, -0.2) is 75.1 Å². The number of amides is 3. The monoisotopic (exact) mass is 393 g/mol. The van der Waals surface area contributed by atoms with Gasteiger partial charge in [-0.3, -0.25) is 14.4 Å². The summed E-state index contributed by atoms with van der Waals surface area (Å²) in [5.41, 5.74) is 0. The van der Waals surface area contributed by atoms with Crippen LogP contribution in [0.25, 0.3) is 0 Å². The van der Waals surface area contributed by atoms with Gasteiger partial charge in [-0.15, -0.1) is 0 Å². The lowest BCUT2D eigenvalue weighted by atomic mass is 10.1. The van der Waals surface area contributed by atoms with Crippen LogP contribution in [0.2, 0.25) is 0 Å². The topological polar surface area (TPSA) is 105 Å². The lowest BCUT2D eigenvalue weighted by Gasteiger charge is -2.30. The van der Waals surface area contributed by atoms with E-state index in [9.17, 15) is 14.4 Å². The average Bonchev–Trinajstić information content (AvgIpc) is 3.38. The highest BCUT2D eigenvalue weighted by molar-refractivity contribution is 6.35. The molecule has 3 heterocycles. The van der Waals surface area contributed by atoms with E-state index in [0.29, 0.717) is 45.7 Å². The van der Waals surface area contributed by atoms with Gasteiger partial charge in [0.25, 0.3) is 0 Å². The van der Waals surface area contributed by atoms with Crippen molar-refractivity contribution in [2.45, 2.75) is 25.3 Å². The summed E-state index contributed by atoms with van der Waals surface area (Å²) in [6.07, 6.45) is 3.76. The van der Waals surface area contributed by atoms with E-state index in [1.165, 1.54) is 4.90 Å². The molecule has 0 radical (unpaired) electrons. The number of ether oxygens (including phenoxy) is 1. The van der Waals surface area contributed by atoms with Gasteiger partial charge in [0.2, 0.25) is 5.91 Å². The average molecular weight is 393 g/mol. The van der Waals surface area contributed by atoms with Gasteiger partial charge in [0.15, 0.2) is 11.8 Å². The van der Waals surface area contributed by atoms with Gasteiger partial charge in [0, 0.05) is 26.1 Å². The van der Waals surface area contributed by atoms with Crippen molar-refractivity contribution in [3.63, 3.8) is 0 Å². The Morgan fingerprint density at radius 3 is 2.68 bits per heavy atom. The molecule has 2 fully saturated rings. The van der Waals surface area contributed by atoms with Crippen LogP contribution in [0.5, 0.6) is 0 Å². The molecule has 2 saturated heterocycles. The molecular formula is C19H29N4O5+. The summed E-state index contributed by atoms with van der Waals surface area (Å²) in [5.74, 6) is -0.351. The van der Waals surface area contributed by atoms with E-state index in [1.54, 1.807) is 11.2 Å². The van der Waals surface area contributed by atoms with Crippen LogP contribution in [0.3, 0.4) is 0 Å². The second-order valence-corrected chi connectivity index (χ2v) is 7.14. The van der Waals surface area contributed by atoms with Crippen LogP contribution < -0.4 is 15.5 Å². The van der Waals surface area contributed by atoms with E-state index in [1.807, 2.05) is 12.1 Å². The third-order valence-corrected chi connectivity index (χ3v) is 5.25. The molecule has 2 aliphatic rings. The Morgan fingerprint density at radius 2 is 2.00 bits per heavy atom. The third-order valence-electron chi connectivity index (χ3n) is 5.25. The molecule has 0 aliphatic carbocycles. The smallest absolute Gasteiger partial charge is 0.309 e. The maximum Gasteiger partial charge on any atom is 0.309 e. The summed E-state index contributed by atoms with van der Waals surface area (Å²) in [6.45, 7) is 5.06. The predicted molar refractivity (Wildman–Crippen MR) is 99.4 cm³/mol. The van der Waals surface area contributed by atoms with E-state index in [-0.39, 0.29) is 11.9 Å². The highest BCUT2D eigenvalue weighted by atomic mass is 16.5. The molecule has 28 heavy (non-hydrogen) atoms. The van der Waals surface area contributed by atoms with Crippen molar-refractivity contribution in [3.05, 3.63) is 24.2 Å². The predicted octanol–water partition coefficient (Wildman–Crippen LogP) is -1.52. The molecule has 0 unspecified atom stereocenters. The first-order valence-corrected chi connectivity index (χ1v) is 9.94. The van der Waals surface area contributed by atoms with Gasteiger partial charge in [-0.2, -0.15) is 0 Å². The third kappa shape index (κ3) is 5.56. The highest BCUT2D eigenvalue weighted by Gasteiger charge is 2.29. The normalized spacial score (nSPS) is 18.9. The lowest BCUT2D eigenvalue weighted by Crippen LogP contribution is -3.15. The molecule has 3 rings (SSSR count). The molecule has 9 heteroatoms. The first kappa shape index (κ1) is 20.3. The molecule has 154 valence electrons. The van der Waals surface area contributed by atoms with Gasteiger partial charge in [0.1, 0.15) is 13.1 Å². The Kier molecular flexibility index (Phi) is 7.44. The zero-order valence-corrected chi connectivity index (χ0v) is 16.1. The van der Waals surface area contributed by atoms with Crippen molar-refractivity contribution >= 4 is 17.7 Å². The maximum absolute atomic E-state index is 12.2. The quantitative estimate of drug-likeness (QED) is 0.368. The van der Waals surface area contributed by atoms with Crippen LogP contribution >= 0.6 is 0 Å². The molecule has 1 aromatic heterocycles. The van der Waals surface area contributed by atoms with Gasteiger partial charge in [-0.1, -0.05) is 0 Å². The number of hydrogen-bond donors (Lipinski definition) is 3. The Bertz CT molecular complexity index is 657. The number of morpholine rings is 1. The molecule has 9 nitrogen and oxygen atoms in total. The Hall–Kier alpha value is -2.39. The molecule has 0 bridgehead atoms. The van der Waals surface area contributed by atoms with Gasteiger partial charge in [0.05, 0.1) is 26.0 Å². The van der Waals surface area contributed by atoms with Gasteiger partial charge in [-0.25, -0.2) is 0 Å². The summed E-state index contributed by atoms with van der Waals surface area (Å²) in [7, 11) is 0. The summed E-state index contributed by atoms with van der Waals surface area (Å²) < 4.78 is 10.9. The zero-order chi connectivity index (χ0) is 19.8. The van der Waals surface area contributed by atoms with Crippen LogP contribution in [-0.2, 0) is 19.1 Å². The van der Waals surface area contributed by atoms with Crippen LogP contribution in [0.1, 0.15) is 31.1 Å². The van der Waals surface area contributed by atoms with Crippen molar-refractivity contribution in [1.82, 2.24) is 15.5 Å². The van der Waals surface area contributed by atoms with Crippen molar-refractivity contribution in [3.8, 4) is 0 Å². The van der Waals surface area contributed by atoms with Crippen LogP contribution in [0, 0.1) is 0 Å². The van der Waals surface area contributed by atoms with Gasteiger partial charge in [-0.05, 0) is 25.0 Å². The van der Waals surface area contributed by atoms with Gasteiger partial charge < -0.3 is 29.6 Å². The zero-order valence-electron chi connectivity index (χ0n) is 16.1. The molecule has 2 aliphatic heterocycles. The van der Waals surface area contributed by atoms with E-state index >= 15 is 0 Å². The van der Waals surface area contributed by atoms with Crippen molar-refractivity contribution in [1.29, 1.82) is 0 Å². The van der Waals surface area contributed by atoms with Crippen molar-refractivity contribution in [2.75, 3.05) is 52.5 Å². The minimum atomic E-state index is -0.651. The lowest BCUT2D eigenvalue weighted by molar-refractivity contribution is -0.938. The molecule has 3 N–H and O–H groups in total. The second kappa shape index (κ2) is 10.2. The number of rotatable bonds is 8. The minimum Gasteiger partial charge on any atom is -0.463 e. The Balaban J connectivity index is 1.40. The molecule has 1 atom stereocenters. The summed E-state index contributed by atoms with van der Waals surface area (Å²) in [6, 6.07) is 3.65. The molecule has 3 amide bonds.